The van der Waals surface area contributed by atoms with Gasteiger partial charge >= 0.3 is 5.97 Å². The van der Waals surface area contributed by atoms with E-state index in [1.54, 1.807) is 10.9 Å². The van der Waals surface area contributed by atoms with Gasteiger partial charge in [-0.05, 0) is 19.3 Å². The zero-order chi connectivity index (χ0) is 11.5. The fourth-order valence-corrected chi connectivity index (χ4v) is 2.42. The highest BCUT2D eigenvalue weighted by Crippen LogP contribution is 2.19. The maximum atomic E-state index is 12.0. The van der Waals surface area contributed by atoms with Crippen molar-refractivity contribution < 1.29 is 14.7 Å². The fraction of sp³-hybridized carbons (Fsp3) is 0.500. The van der Waals surface area contributed by atoms with Crippen molar-refractivity contribution in [3.8, 4) is 0 Å². The third-order valence-electron chi connectivity index (χ3n) is 2.70. The first-order valence-electron chi connectivity index (χ1n) is 5.12. The minimum absolute atomic E-state index is 0.270. The van der Waals surface area contributed by atoms with Gasteiger partial charge in [0, 0.05) is 11.9 Å². The van der Waals surface area contributed by atoms with Gasteiger partial charge < -0.3 is 10.0 Å². The minimum atomic E-state index is -0.928. The molecule has 1 aromatic rings. The van der Waals surface area contributed by atoms with Gasteiger partial charge in [-0.1, -0.05) is 0 Å². The SMILES string of the molecule is O=C(O)C1CCCCN1C(=O)c1cscn1. The van der Waals surface area contributed by atoms with Crippen molar-refractivity contribution >= 4 is 23.2 Å². The minimum Gasteiger partial charge on any atom is -0.480 e. The summed E-state index contributed by atoms with van der Waals surface area (Å²) in [5.41, 5.74) is 1.92. The summed E-state index contributed by atoms with van der Waals surface area (Å²) in [7, 11) is 0. The maximum absolute atomic E-state index is 12.0. The molecule has 0 saturated carbocycles. The molecule has 86 valence electrons. The van der Waals surface area contributed by atoms with E-state index in [0.29, 0.717) is 18.7 Å². The molecule has 0 aliphatic carbocycles. The molecule has 0 bridgehead atoms. The molecule has 1 aromatic heterocycles. The maximum Gasteiger partial charge on any atom is 0.326 e. The first kappa shape index (κ1) is 11.1. The molecule has 1 N–H and O–H groups in total. The number of aliphatic carboxylic acids is 1. The molecule has 1 unspecified atom stereocenters. The number of hydrogen-bond donors (Lipinski definition) is 1. The number of carbonyl (C=O) groups excluding carboxylic acids is 1. The van der Waals surface area contributed by atoms with Gasteiger partial charge in [0.1, 0.15) is 11.7 Å². The Labute approximate surface area is 96.7 Å². The molecule has 6 heteroatoms. The highest BCUT2D eigenvalue weighted by Gasteiger charge is 2.32. The molecule has 1 atom stereocenters. The van der Waals surface area contributed by atoms with Crippen LogP contribution in [0.5, 0.6) is 0 Å². The van der Waals surface area contributed by atoms with Crippen LogP contribution in [-0.4, -0.2) is 39.5 Å². The van der Waals surface area contributed by atoms with Crippen molar-refractivity contribution in [3.05, 3.63) is 16.6 Å². The van der Waals surface area contributed by atoms with E-state index in [9.17, 15) is 9.59 Å². The third-order valence-corrected chi connectivity index (χ3v) is 3.29. The smallest absolute Gasteiger partial charge is 0.326 e. The Morgan fingerprint density at radius 2 is 2.31 bits per heavy atom. The Balaban J connectivity index is 2.17. The standard InChI is InChI=1S/C10H12N2O3S/c13-9(7-5-16-6-11-7)12-4-2-1-3-8(12)10(14)15/h5-6,8H,1-4H2,(H,14,15). The zero-order valence-electron chi connectivity index (χ0n) is 8.63. The Kier molecular flexibility index (Phi) is 3.19. The molecular formula is C10H12N2O3S. The average Bonchev–Trinajstić information content (AvgIpc) is 2.81. The number of likely N-dealkylation sites (tertiary alicyclic amines) is 1. The summed E-state index contributed by atoms with van der Waals surface area (Å²) >= 11 is 1.34. The number of carbonyl (C=O) groups is 2. The second kappa shape index (κ2) is 4.61. The van der Waals surface area contributed by atoms with E-state index in [4.69, 9.17) is 5.11 Å². The van der Waals surface area contributed by atoms with Gasteiger partial charge in [0.05, 0.1) is 5.51 Å². The van der Waals surface area contributed by atoms with Gasteiger partial charge in [0.15, 0.2) is 0 Å². The average molecular weight is 240 g/mol. The van der Waals surface area contributed by atoms with Gasteiger partial charge in [-0.25, -0.2) is 9.78 Å². The number of amides is 1. The molecule has 0 radical (unpaired) electrons. The number of nitrogens with zero attached hydrogens (tertiary/aromatic N) is 2. The monoisotopic (exact) mass is 240 g/mol. The van der Waals surface area contributed by atoms with E-state index >= 15 is 0 Å². The molecule has 16 heavy (non-hydrogen) atoms. The molecule has 1 amide bonds. The normalized spacial score (nSPS) is 20.8. The van der Waals surface area contributed by atoms with E-state index in [0.717, 1.165) is 12.8 Å². The van der Waals surface area contributed by atoms with Crippen molar-refractivity contribution in [1.82, 2.24) is 9.88 Å². The lowest BCUT2D eigenvalue weighted by molar-refractivity contribution is -0.143. The van der Waals surface area contributed by atoms with Crippen LogP contribution in [0.25, 0.3) is 0 Å². The zero-order valence-corrected chi connectivity index (χ0v) is 9.44. The van der Waals surface area contributed by atoms with Crippen LogP contribution in [0.1, 0.15) is 29.8 Å². The second-order valence-electron chi connectivity index (χ2n) is 3.72. The number of piperidine rings is 1. The van der Waals surface area contributed by atoms with E-state index in [2.05, 4.69) is 4.98 Å². The lowest BCUT2D eigenvalue weighted by Crippen LogP contribution is -2.48. The number of thiazole rings is 1. The Bertz CT molecular complexity index is 391. The predicted octanol–water partition coefficient (Wildman–Crippen LogP) is 1.22. The summed E-state index contributed by atoms with van der Waals surface area (Å²) in [5.74, 6) is -1.20. The highest BCUT2D eigenvalue weighted by molar-refractivity contribution is 7.07. The van der Waals surface area contributed by atoms with Gasteiger partial charge in [0.2, 0.25) is 0 Å². The molecule has 1 aliphatic rings. The number of carboxylic acid groups (broad SMARTS) is 1. The second-order valence-corrected chi connectivity index (χ2v) is 4.44. The Hall–Kier alpha value is -1.43. The van der Waals surface area contributed by atoms with Crippen LogP contribution in [0, 0.1) is 0 Å². The van der Waals surface area contributed by atoms with Crippen molar-refractivity contribution in [2.75, 3.05) is 6.54 Å². The van der Waals surface area contributed by atoms with Crippen molar-refractivity contribution in [3.63, 3.8) is 0 Å². The molecule has 0 spiro atoms. The number of carboxylic acids is 1. The number of aromatic nitrogens is 1. The quantitative estimate of drug-likeness (QED) is 0.843. The number of hydrogen-bond acceptors (Lipinski definition) is 4. The lowest BCUT2D eigenvalue weighted by Gasteiger charge is -2.32. The summed E-state index contributed by atoms with van der Waals surface area (Å²) in [5, 5.41) is 10.7. The van der Waals surface area contributed by atoms with Gasteiger partial charge in [-0.15, -0.1) is 11.3 Å². The molecule has 0 aromatic carbocycles. The summed E-state index contributed by atoms with van der Waals surface area (Å²) in [6.45, 7) is 0.507. The van der Waals surface area contributed by atoms with Gasteiger partial charge in [0.25, 0.3) is 5.91 Å². The fourth-order valence-electron chi connectivity index (χ4n) is 1.90. The van der Waals surface area contributed by atoms with Gasteiger partial charge in [-0.2, -0.15) is 0 Å². The van der Waals surface area contributed by atoms with E-state index in [1.807, 2.05) is 0 Å². The van der Waals surface area contributed by atoms with Crippen LogP contribution < -0.4 is 0 Å². The Morgan fingerprint density at radius 3 is 2.94 bits per heavy atom. The van der Waals surface area contributed by atoms with Crippen molar-refractivity contribution in [2.24, 2.45) is 0 Å². The first-order chi connectivity index (χ1) is 7.70. The van der Waals surface area contributed by atoms with Crippen LogP contribution in [0.3, 0.4) is 0 Å². The molecule has 1 fully saturated rings. The molecule has 1 aliphatic heterocycles. The first-order valence-corrected chi connectivity index (χ1v) is 6.06. The molecule has 2 rings (SSSR count). The van der Waals surface area contributed by atoms with Crippen LogP contribution in [0.15, 0.2) is 10.9 Å². The van der Waals surface area contributed by atoms with Crippen molar-refractivity contribution in [2.45, 2.75) is 25.3 Å². The van der Waals surface area contributed by atoms with Crippen LogP contribution in [0.4, 0.5) is 0 Å². The third kappa shape index (κ3) is 2.06. The molecule has 2 heterocycles. The van der Waals surface area contributed by atoms with E-state index in [1.165, 1.54) is 16.2 Å². The van der Waals surface area contributed by atoms with Crippen molar-refractivity contribution in [1.29, 1.82) is 0 Å². The van der Waals surface area contributed by atoms with Crippen LogP contribution in [-0.2, 0) is 4.79 Å². The molecule has 5 nitrogen and oxygen atoms in total. The van der Waals surface area contributed by atoms with Gasteiger partial charge in [-0.3, -0.25) is 4.79 Å². The predicted molar refractivity (Wildman–Crippen MR) is 58.4 cm³/mol. The highest BCUT2D eigenvalue weighted by atomic mass is 32.1. The molecular weight excluding hydrogens is 228 g/mol. The summed E-state index contributed by atoms with van der Waals surface area (Å²) in [6, 6.07) is -0.692. The summed E-state index contributed by atoms with van der Waals surface area (Å²) in [6.07, 6.45) is 2.25. The largest absolute Gasteiger partial charge is 0.480 e. The molecule has 1 saturated heterocycles. The number of rotatable bonds is 2. The van der Waals surface area contributed by atoms with Crippen LogP contribution >= 0.6 is 11.3 Å². The van der Waals surface area contributed by atoms with Crippen LogP contribution in [0.2, 0.25) is 0 Å². The summed E-state index contributed by atoms with van der Waals surface area (Å²) < 4.78 is 0. The van der Waals surface area contributed by atoms with E-state index < -0.39 is 12.0 Å². The Morgan fingerprint density at radius 1 is 1.50 bits per heavy atom. The lowest BCUT2D eigenvalue weighted by atomic mass is 10.0. The summed E-state index contributed by atoms with van der Waals surface area (Å²) in [4.78, 5) is 28.3. The van der Waals surface area contributed by atoms with E-state index in [-0.39, 0.29) is 5.91 Å². The topological polar surface area (TPSA) is 70.5 Å².